The Hall–Kier alpha value is -4.74. The fourth-order valence-corrected chi connectivity index (χ4v) is 3.38. The van der Waals surface area contributed by atoms with Crippen LogP contribution in [0.4, 0.5) is 0 Å². The average Bonchev–Trinajstić information content (AvgIpc) is 3.15. The van der Waals surface area contributed by atoms with Crippen LogP contribution in [0.15, 0.2) is 36.1 Å². The van der Waals surface area contributed by atoms with Gasteiger partial charge in [0, 0.05) is 6.07 Å². The van der Waals surface area contributed by atoms with Crippen LogP contribution in [0.25, 0.3) is 6.08 Å². The number of nitrogens with one attached hydrogen (secondary N) is 1. The Morgan fingerprint density at radius 3 is 2.31 bits per heavy atom. The van der Waals surface area contributed by atoms with E-state index in [-0.39, 0.29) is 28.6 Å². The smallest absolute Gasteiger partial charge is 0.326 e. The molecule has 1 aliphatic rings. The number of carboxylic acid groups (broad SMARTS) is 1. The van der Waals surface area contributed by atoms with E-state index in [0.29, 0.717) is 22.8 Å². The summed E-state index contributed by atoms with van der Waals surface area (Å²) < 4.78 is 27.0. The van der Waals surface area contributed by atoms with Gasteiger partial charge in [0.25, 0.3) is 5.91 Å². The highest BCUT2D eigenvalue weighted by Gasteiger charge is 2.28. The van der Waals surface area contributed by atoms with Crippen molar-refractivity contribution >= 4 is 29.6 Å². The Bertz CT molecular complexity index is 1210. The van der Waals surface area contributed by atoms with Crippen LogP contribution in [0, 0.1) is 0 Å². The van der Waals surface area contributed by atoms with E-state index in [1.54, 1.807) is 12.1 Å². The number of primary amides is 1. The number of aliphatic carboxylic acids is 1. The number of amides is 2. The second kappa shape index (κ2) is 11.1. The number of ether oxygens (including phenoxy) is 5. The van der Waals surface area contributed by atoms with Gasteiger partial charge in [-0.25, -0.2) is 4.79 Å². The lowest BCUT2D eigenvalue weighted by molar-refractivity contribution is -0.143. The summed E-state index contributed by atoms with van der Waals surface area (Å²) in [5.41, 5.74) is 5.85. The lowest BCUT2D eigenvalue weighted by atomic mass is 10.1. The summed E-state index contributed by atoms with van der Waals surface area (Å²) in [5, 5.41) is 11.2. The van der Waals surface area contributed by atoms with Gasteiger partial charge >= 0.3 is 5.97 Å². The van der Waals surface area contributed by atoms with Crippen LogP contribution in [0.3, 0.4) is 0 Å². The van der Waals surface area contributed by atoms with E-state index in [9.17, 15) is 19.2 Å². The van der Waals surface area contributed by atoms with Gasteiger partial charge < -0.3 is 39.8 Å². The van der Waals surface area contributed by atoms with E-state index < -0.39 is 36.9 Å². The van der Waals surface area contributed by atoms with Crippen molar-refractivity contribution in [2.75, 3.05) is 27.9 Å². The lowest BCUT2D eigenvalue weighted by Crippen LogP contribution is -2.45. The molecule has 12 heteroatoms. The molecule has 1 aliphatic heterocycles. The molecule has 36 heavy (non-hydrogen) atoms. The molecule has 2 amide bonds. The third-order valence-electron chi connectivity index (χ3n) is 5.03. The number of methoxy groups -OCH3 is 3. The Balaban J connectivity index is 1.72. The number of carboxylic acids is 1. The van der Waals surface area contributed by atoms with Gasteiger partial charge in [-0.05, 0) is 35.9 Å². The lowest BCUT2D eigenvalue weighted by Gasteiger charge is -2.13. The number of hydrogen-bond acceptors (Lipinski definition) is 9. The van der Waals surface area contributed by atoms with Gasteiger partial charge in [-0.3, -0.25) is 14.4 Å². The Morgan fingerprint density at radius 2 is 1.75 bits per heavy atom. The monoisotopic (exact) mass is 500 g/mol. The van der Waals surface area contributed by atoms with Crippen molar-refractivity contribution in [3.05, 3.63) is 47.2 Å². The van der Waals surface area contributed by atoms with Crippen molar-refractivity contribution in [1.82, 2.24) is 5.32 Å². The van der Waals surface area contributed by atoms with E-state index in [2.05, 4.69) is 5.32 Å². The zero-order chi connectivity index (χ0) is 26.4. The summed E-state index contributed by atoms with van der Waals surface area (Å²) in [6.45, 7) is -0.538. The zero-order valence-corrected chi connectivity index (χ0v) is 19.7. The van der Waals surface area contributed by atoms with Gasteiger partial charge in [0.1, 0.15) is 17.5 Å². The summed E-state index contributed by atoms with van der Waals surface area (Å²) in [6.07, 6.45) is 0.961. The first-order valence-electron chi connectivity index (χ1n) is 10.5. The predicted octanol–water partition coefficient (Wildman–Crippen LogP) is 1.15. The molecule has 0 fully saturated rings. The number of carbonyl (C=O) groups is 4. The van der Waals surface area contributed by atoms with Crippen LogP contribution in [0.2, 0.25) is 0 Å². The molecule has 0 saturated heterocycles. The number of allylic oxidation sites excluding steroid dienone is 1. The summed E-state index contributed by atoms with van der Waals surface area (Å²) in [5.74, 6) is -1.74. The van der Waals surface area contributed by atoms with Crippen LogP contribution >= 0.6 is 0 Å². The van der Waals surface area contributed by atoms with Crippen LogP contribution in [0.1, 0.15) is 22.3 Å². The maximum absolute atomic E-state index is 12.8. The number of benzene rings is 2. The van der Waals surface area contributed by atoms with E-state index >= 15 is 0 Å². The van der Waals surface area contributed by atoms with Gasteiger partial charge in [0.2, 0.25) is 17.4 Å². The van der Waals surface area contributed by atoms with Gasteiger partial charge in [-0.1, -0.05) is 0 Å². The first-order chi connectivity index (χ1) is 17.2. The SMILES string of the molecule is COc1cc(C=C2Oc3cc(OCC(=O)N[C@@H](CC(N)=O)C(=O)O)ccc3C2=O)cc(OC)c1OC. The number of nitrogens with two attached hydrogens (primary N) is 1. The summed E-state index contributed by atoms with van der Waals surface area (Å²) in [7, 11) is 4.43. The quantitative estimate of drug-likeness (QED) is 0.380. The van der Waals surface area contributed by atoms with Gasteiger partial charge in [-0.15, -0.1) is 0 Å². The molecular formula is C24H24N2O10. The molecule has 1 heterocycles. The molecule has 3 rings (SSSR count). The highest BCUT2D eigenvalue weighted by Crippen LogP contribution is 2.40. The fourth-order valence-electron chi connectivity index (χ4n) is 3.38. The highest BCUT2D eigenvalue weighted by atomic mass is 16.5. The van der Waals surface area contributed by atoms with Gasteiger partial charge in [0.15, 0.2) is 23.9 Å². The number of ketones is 1. The largest absolute Gasteiger partial charge is 0.493 e. The molecule has 2 aromatic rings. The van der Waals surface area contributed by atoms with E-state index in [4.69, 9.17) is 34.5 Å². The van der Waals surface area contributed by atoms with Crippen LogP contribution < -0.4 is 34.7 Å². The highest BCUT2D eigenvalue weighted by molar-refractivity contribution is 6.14. The Morgan fingerprint density at radius 1 is 1.08 bits per heavy atom. The van der Waals surface area contributed by atoms with Crippen molar-refractivity contribution < 1.29 is 48.0 Å². The third-order valence-corrected chi connectivity index (χ3v) is 5.03. The average molecular weight is 500 g/mol. The number of carbonyl (C=O) groups excluding carboxylic acids is 3. The van der Waals surface area contributed by atoms with E-state index in [1.807, 2.05) is 0 Å². The first-order valence-corrected chi connectivity index (χ1v) is 10.5. The summed E-state index contributed by atoms with van der Waals surface area (Å²) in [4.78, 5) is 46.9. The molecule has 12 nitrogen and oxygen atoms in total. The molecule has 4 N–H and O–H groups in total. The molecular weight excluding hydrogens is 476 g/mol. The second-order valence-electron chi connectivity index (χ2n) is 7.47. The predicted molar refractivity (Wildman–Crippen MR) is 124 cm³/mol. The molecule has 2 aromatic carbocycles. The van der Waals surface area contributed by atoms with Crippen molar-refractivity contribution in [3.8, 4) is 28.7 Å². The maximum atomic E-state index is 12.8. The topological polar surface area (TPSA) is 173 Å². The molecule has 0 spiro atoms. The molecule has 0 unspecified atom stereocenters. The van der Waals surface area contributed by atoms with Crippen LogP contribution in [0.5, 0.6) is 28.7 Å². The van der Waals surface area contributed by atoms with Crippen molar-refractivity contribution in [3.63, 3.8) is 0 Å². The molecule has 0 aliphatic carbocycles. The number of hydrogen-bond donors (Lipinski definition) is 3. The number of fused-ring (bicyclic) bond motifs is 1. The Kier molecular flexibility index (Phi) is 8.00. The minimum atomic E-state index is -1.47. The Labute approximate surface area is 205 Å². The molecule has 0 bridgehead atoms. The summed E-state index contributed by atoms with van der Waals surface area (Å²) >= 11 is 0. The fraction of sp³-hybridized carbons (Fsp3) is 0.250. The first kappa shape index (κ1) is 25.9. The summed E-state index contributed by atoms with van der Waals surface area (Å²) in [6, 6.07) is 6.21. The zero-order valence-electron chi connectivity index (χ0n) is 19.7. The minimum Gasteiger partial charge on any atom is -0.493 e. The van der Waals surface area contributed by atoms with Crippen molar-refractivity contribution in [1.29, 1.82) is 0 Å². The van der Waals surface area contributed by atoms with E-state index in [1.165, 1.54) is 45.6 Å². The maximum Gasteiger partial charge on any atom is 0.326 e. The molecule has 0 radical (unpaired) electrons. The minimum absolute atomic E-state index is 0.0462. The van der Waals surface area contributed by atoms with Gasteiger partial charge in [0.05, 0.1) is 33.3 Å². The third kappa shape index (κ3) is 5.84. The normalized spacial score (nSPS) is 13.9. The standard InChI is InChI=1S/C24H24N2O10/c1-32-18-7-12(8-19(33-2)23(18)34-3)6-17-22(29)14-5-4-13(9-16(14)36-17)35-11-21(28)26-15(24(30)31)10-20(25)27/h4-9,15H,10-11H2,1-3H3,(H2,25,27)(H,26,28)(H,30,31)/t15-/m0/s1. The van der Waals surface area contributed by atoms with Crippen LogP contribution in [-0.2, 0) is 14.4 Å². The second-order valence-corrected chi connectivity index (χ2v) is 7.47. The van der Waals surface area contributed by atoms with Crippen molar-refractivity contribution in [2.45, 2.75) is 12.5 Å². The molecule has 0 saturated carbocycles. The number of rotatable bonds is 11. The molecule has 190 valence electrons. The van der Waals surface area contributed by atoms with E-state index in [0.717, 1.165) is 0 Å². The molecule has 1 atom stereocenters. The van der Waals surface area contributed by atoms with Crippen LogP contribution in [-0.4, -0.2) is 62.7 Å². The van der Waals surface area contributed by atoms with Gasteiger partial charge in [-0.2, -0.15) is 0 Å². The van der Waals surface area contributed by atoms with Crippen molar-refractivity contribution in [2.24, 2.45) is 5.73 Å². The molecule has 0 aromatic heterocycles. The number of Topliss-reactive ketones (excluding diaryl/α,β-unsaturated/α-hetero) is 1.